The standard InChI is InChI=1S/C32H28O/c1-33-31-30(29-21-20-23-12-8-10-18-27(23)29)28-19-11-9-13-24(28)22-32(31,25-14-4-2-5-15-25)26-16-6-3-7-17-26/h2-19,22,29,31H,20-21H2,1H3. The molecule has 2 unspecified atom stereocenters. The molecule has 0 saturated carbocycles. The second kappa shape index (κ2) is 8.17. The molecule has 2 aliphatic rings. The summed E-state index contributed by atoms with van der Waals surface area (Å²) < 4.78 is 6.54. The number of hydrogen-bond donors (Lipinski definition) is 0. The lowest BCUT2D eigenvalue weighted by Gasteiger charge is -2.43. The molecule has 0 N–H and O–H groups in total. The number of aryl methyl sites for hydroxylation is 1. The zero-order valence-electron chi connectivity index (χ0n) is 18.9. The Morgan fingerprint density at radius 1 is 0.697 bits per heavy atom. The lowest BCUT2D eigenvalue weighted by atomic mass is 9.63. The van der Waals surface area contributed by atoms with E-state index in [-0.39, 0.29) is 6.10 Å². The molecule has 1 nitrogen and oxygen atoms in total. The molecule has 0 amide bonds. The van der Waals surface area contributed by atoms with Crippen molar-refractivity contribution in [1.82, 2.24) is 0 Å². The molecule has 162 valence electrons. The van der Waals surface area contributed by atoms with Gasteiger partial charge in [0.25, 0.3) is 0 Å². The zero-order valence-corrected chi connectivity index (χ0v) is 18.9. The van der Waals surface area contributed by atoms with Crippen molar-refractivity contribution >= 4 is 11.6 Å². The van der Waals surface area contributed by atoms with Crippen LogP contribution in [0.5, 0.6) is 0 Å². The first-order valence-corrected chi connectivity index (χ1v) is 11.9. The lowest BCUT2D eigenvalue weighted by molar-refractivity contribution is 0.110. The number of rotatable bonds is 4. The van der Waals surface area contributed by atoms with E-state index in [1.54, 1.807) is 0 Å². The minimum Gasteiger partial charge on any atom is -0.375 e. The maximum atomic E-state index is 6.54. The molecule has 0 spiro atoms. The fraction of sp³-hybridized carbons (Fsp3) is 0.188. The molecule has 0 aromatic heterocycles. The van der Waals surface area contributed by atoms with Gasteiger partial charge in [0, 0.05) is 13.0 Å². The summed E-state index contributed by atoms with van der Waals surface area (Å²) in [5, 5.41) is 2.62. The summed E-state index contributed by atoms with van der Waals surface area (Å²) in [5.74, 6) is 0.354. The smallest absolute Gasteiger partial charge is 0.0968 e. The van der Waals surface area contributed by atoms with Crippen LogP contribution in [0.2, 0.25) is 0 Å². The maximum Gasteiger partial charge on any atom is 0.0968 e. The summed E-state index contributed by atoms with van der Waals surface area (Å²) >= 11 is 0. The molecular formula is C32H28O. The molecule has 2 aliphatic carbocycles. The number of ether oxygens (including phenoxy) is 1. The first-order valence-electron chi connectivity index (χ1n) is 11.9. The minimum absolute atomic E-state index is 0.103. The van der Waals surface area contributed by atoms with E-state index in [9.17, 15) is 0 Å². The van der Waals surface area contributed by atoms with Gasteiger partial charge >= 0.3 is 0 Å². The highest BCUT2D eigenvalue weighted by molar-refractivity contribution is 5.74. The van der Waals surface area contributed by atoms with Crippen LogP contribution in [0.25, 0.3) is 11.6 Å². The van der Waals surface area contributed by atoms with Gasteiger partial charge in [-0.2, -0.15) is 0 Å². The Balaban J connectivity index is 1.71. The summed E-state index contributed by atoms with van der Waals surface area (Å²) in [7, 11) is 1.88. The highest BCUT2D eigenvalue weighted by Crippen LogP contribution is 2.49. The summed E-state index contributed by atoms with van der Waals surface area (Å²) in [4.78, 5) is 0. The van der Waals surface area contributed by atoms with Crippen molar-refractivity contribution in [3.8, 4) is 0 Å². The summed E-state index contributed by atoms with van der Waals surface area (Å²) in [6.07, 6.45) is 4.60. The van der Waals surface area contributed by atoms with Crippen molar-refractivity contribution in [3.05, 3.63) is 142 Å². The van der Waals surface area contributed by atoms with Gasteiger partial charge in [-0.1, -0.05) is 115 Å². The van der Waals surface area contributed by atoms with E-state index < -0.39 is 5.41 Å². The lowest BCUT2D eigenvalue weighted by Crippen LogP contribution is -2.51. The molecule has 0 saturated heterocycles. The molecule has 2 atom stereocenters. The van der Waals surface area contributed by atoms with Crippen molar-refractivity contribution in [2.75, 3.05) is 7.11 Å². The van der Waals surface area contributed by atoms with Gasteiger partial charge in [-0.15, -0.1) is 0 Å². The SMILES string of the molecule is COC1C(C2CCc3ccccc32)=c2ccccc2=CC1(c1ccccc1)c1ccccc1. The largest absolute Gasteiger partial charge is 0.375 e. The molecule has 0 heterocycles. The van der Waals surface area contributed by atoms with Crippen molar-refractivity contribution < 1.29 is 4.74 Å². The van der Waals surface area contributed by atoms with E-state index >= 15 is 0 Å². The van der Waals surface area contributed by atoms with Crippen LogP contribution in [0.15, 0.2) is 109 Å². The number of hydrogen-bond acceptors (Lipinski definition) is 1. The van der Waals surface area contributed by atoms with Crippen LogP contribution in [-0.2, 0) is 16.6 Å². The second-order valence-electron chi connectivity index (χ2n) is 9.19. The Kier molecular flexibility index (Phi) is 5.00. The number of benzene rings is 4. The average Bonchev–Trinajstić information content (AvgIpc) is 3.32. The molecule has 4 aromatic carbocycles. The second-order valence-corrected chi connectivity index (χ2v) is 9.19. The Morgan fingerprint density at radius 2 is 1.30 bits per heavy atom. The average molecular weight is 429 g/mol. The first kappa shape index (κ1) is 20.2. The molecule has 1 heteroatoms. The zero-order chi connectivity index (χ0) is 22.3. The molecule has 0 fully saturated rings. The molecule has 0 radical (unpaired) electrons. The Morgan fingerprint density at radius 3 is 2.00 bits per heavy atom. The third-order valence-electron chi connectivity index (χ3n) is 7.60. The van der Waals surface area contributed by atoms with E-state index in [1.807, 2.05) is 7.11 Å². The monoisotopic (exact) mass is 428 g/mol. The third kappa shape index (κ3) is 3.11. The van der Waals surface area contributed by atoms with Crippen LogP contribution in [0, 0.1) is 0 Å². The van der Waals surface area contributed by atoms with E-state index in [0.29, 0.717) is 5.92 Å². The molecule has 33 heavy (non-hydrogen) atoms. The number of methoxy groups -OCH3 is 1. The highest BCUT2D eigenvalue weighted by Gasteiger charge is 2.47. The third-order valence-corrected chi connectivity index (χ3v) is 7.60. The number of fused-ring (bicyclic) bond motifs is 2. The minimum atomic E-state index is -0.404. The van der Waals surface area contributed by atoms with Gasteiger partial charge in [0.2, 0.25) is 0 Å². The molecule has 0 bridgehead atoms. The highest BCUT2D eigenvalue weighted by atomic mass is 16.5. The molecule has 6 rings (SSSR count). The van der Waals surface area contributed by atoms with Crippen LogP contribution in [-0.4, -0.2) is 13.2 Å². The molecular weight excluding hydrogens is 400 g/mol. The van der Waals surface area contributed by atoms with Crippen molar-refractivity contribution in [2.24, 2.45) is 0 Å². The summed E-state index contributed by atoms with van der Waals surface area (Å²) in [6, 6.07) is 39.6. The molecule has 0 aliphatic heterocycles. The van der Waals surface area contributed by atoms with Gasteiger partial charge in [-0.3, -0.25) is 0 Å². The summed E-state index contributed by atoms with van der Waals surface area (Å²) in [5.41, 5.74) is 6.47. The Hall–Kier alpha value is -3.42. The van der Waals surface area contributed by atoms with Gasteiger partial charge in [-0.25, -0.2) is 0 Å². The molecule has 4 aromatic rings. The topological polar surface area (TPSA) is 9.23 Å². The first-order chi connectivity index (χ1) is 16.3. The van der Waals surface area contributed by atoms with E-state index in [0.717, 1.165) is 12.8 Å². The predicted octanol–water partition coefficient (Wildman–Crippen LogP) is 5.36. The van der Waals surface area contributed by atoms with Crippen LogP contribution in [0.1, 0.15) is 34.6 Å². The van der Waals surface area contributed by atoms with Crippen molar-refractivity contribution in [1.29, 1.82) is 0 Å². The Labute approximate surface area is 195 Å². The van der Waals surface area contributed by atoms with E-state index in [4.69, 9.17) is 4.74 Å². The van der Waals surface area contributed by atoms with Gasteiger partial charge in [0.15, 0.2) is 0 Å². The normalized spacial score (nSPS) is 20.6. The predicted molar refractivity (Wildman–Crippen MR) is 136 cm³/mol. The van der Waals surface area contributed by atoms with Crippen LogP contribution >= 0.6 is 0 Å². The van der Waals surface area contributed by atoms with Gasteiger partial charge in [-0.05, 0) is 51.1 Å². The van der Waals surface area contributed by atoms with E-state index in [2.05, 4.69) is 115 Å². The maximum absolute atomic E-state index is 6.54. The van der Waals surface area contributed by atoms with Gasteiger partial charge in [0.05, 0.1) is 11.5 Å². The van der Waals surface area contributed by atoms with Crippen molar-refractivity contribution in [2.45, 2.75) is 30.3 Å². The van der Waals surface area contributed by atoms with Gasteiger partial charge in [0.1, 0.15) is 0 Å². The van der Waals surface area contributed by atoms with Crippen molar-refractivity contribution in [3.63, 3.8) is 0 Å². The van der Waals surface area contributed by atoms with E-state index in [1.165, 1.54) is 38.3 Å². The quantitative estimate of drug-likeness (QED) is 0.425. The Bertz CT molecular complexity index is 1360. The fourth-order valence-electron chi connectivity index (χ4n) is 6.22. The van der Waals surface area contributed by atoms with Gasteiger partial charge < -0.3 is 4.74 Å². The van der Waals surface area contributed by atoms with Crippen LogP contribution in [0.3, 0.4) is 0 Å². The summed E-state index contributed by atoms with van der Waals surface area (Å²) in [6.45, 7) is 0. The van der Waals surface area contributed by atoms with Crippen LogP contribution in [0.4, 0.5) is 0 Å². The fourth-order valence-corrected chi connectivity index (χ4v) is 6.22. The van der Waals surface area contributed by atoms with Crippen LogP contribution < -0.4 is 10.4 Å².